The van der Waals surface area contributed by atoms with Crippen molar-refractivity contribution in [2.24, 2.45) is 0 Å². The van der Waals surface area contributed by atoms with E-state index in [1.165, 1.54) is 0 Å². The van der Waals surface area contributed by atoms with Crippen LogP contribution < -0.4 is 5.32 Å². The SMILES string of the molecule is CN1CC(NC(=O)N2CCC(c3ccccc3C(=O)O)CC2)CC1=O. The van der Waals surface area contributed by atoms with Gasteiger partial charge in [0.1, 0.15) is 0 Å². The summed E-state index contributed by atoms with van der Waals surface area (Å²) in [6, 6.07) is 6.81. The van der Waals surface area contributed by atoms with Crippen molar-refractivity contribution in [3.8, 4) is 0 Å². The number of hydrogen-bond acceptors (Lipinski definition) is 3. The van der Waals surface area contributed by atoms with E-state index in [4.69, 9.17) is 0 Å². The van der Waals surface area contributed by atoms with Crippen LogP contribution in [0.25, 0.3) is 0 Å². The molecule has 1 unspecified atom stereocenters. The van der Waals surface area contributed by atoms with Crippen molar-refractivity contribution in [2.45, 2.75) is 31.2 Å². The number of amides is 3. The van der Waals surface area contributed by atoms with Crippen LogP contribution in [0.2, 0.25) is 0 Å². The summed E-state index contributed by atoms with van der Waals surface area (Å²) < 4.78 is 0. The van der Waals surface area contributed by atoms with Crippen molar-refractivity contribution in [2.75, 3.05) is 26.7 Å². The van der Waals surface area contributed by atoms with Gasteiger partial charge in [0.05, 0.1) is 11.6 Å². The van der Waals surface area contributed by atoms with Crippen LogP contribution in [-0.2, 0) is 4.79 Å². The number of benzene rings is 1. The molecule has 2 heterocycles. The molecule has 1 aromatic rings. The number of hydrogen-bond donors (Lipinski definition) is 2. The highest BCUT2D eigenvalue weighted by atomic mass is 16.4. The molecule has 2 aliphatic rings. The molecule has 3 amide bonds. The van der Waals surface area contributed by atoms with Crippen molar-refractivity contribution >= 4 is 17.9 Å². The van der Waals surface area contributed by atoms with E-state index < -0.39 is 5.97 Å². The van der Waals surface area contributed by atoms with E-state index in [0.29, 0.717) is 31.6 Å². The first-order chi connectivity index (χ1) is 12.0. The number of carboxylic acids is 1. The second kappa shape index (κ2) is 7.13. The number of piperidine rings is 1. The van der Waals surface area contributed by atoms with Gasteiger partial charge < -0.3 is 20.2 Å². The number of carbonyl (C=O) groups is 3. The quantitative estimate of drug-likeness (QED) is 0.869. The van der Waals surface area contributed by atoms with Gasteiger partial charge in [-0.1, -0.05) is 18.2 Å². The molecule has 0 spiro atoms. The van der Waals surface area contributed by atoms with E-state index in [1.54, 1.807) is 29.0 Å². The molecule has 2 fully saturated rings. The van der Waals surface area contributed by atoms with Gasteiger partial charge in [-0.3, -0.25) is 4.79 Å². The summed E-state index contributed by atoms with van der Waals surface area (Å²) in [4.78, 5) is 38.7. The van der Waals surface area contributed by atoms with Crippen LogP contribution >= 0.6 is 0 Å². The molecule has 0 bridgehead atoms. The van der Waals surface area contributed by atoms with E-state index in [-0.39, 0.29) is 23.9 Å². The molecule has 0 radical (unpaired) electrons. The summed E-state index contributed by atoms with van der Waals surface area (Å²) >= 11 is 0. The lowest BCUT2D eigenvalue weighted by molar-refractivity contribution is -0.126. The molecule has 1 atom stereocenters. The summed E-state index contributed by atoms with van der Waals surface area (Å²) in [5.74, 6) is -0.712. The van der Waals surface area contributed by atoms with E-state index in [0.717, 1.165) is 18.4 Å². The Morgan fingerprint density at radius 3 is 2.48 bits per heavy atom. The molecule has 2 N–H and O–H groups in total. The van der Waals surface area contributed by atoms with Crippen LogP contribution in [0, 0.1) is 0 Å². The maximum absolute atomic E-state index is 12.4. The van der Waals surface area contributed by atoms with E-state index >= 15 is 0 Å². The largest absolute Gasteiger partial charge is 0.478 e. The van der Waals surface area contributed by atoms with Gasteiger partial charge in [-0.05, 0) is 30.4 Å². The summed E-state index contributed by atoms with van der Waals surface area (Å²) in [7, 11) is 1.74. The van der Waals surface area contributed by atoms with Gasteiger partial charge in [0, 0.05) is 33.1 Å². The summed E-state index contributed by atoms with van der Waals surface area (Å²) in [6.07, 6.45) is 1.83. The molecule has 134 valence electrons. The Morgan fingerprint density at radius 1 is 1.20 bits per heavy atom. The van der Waals surface area contributed by atoms with Crippen LogP contribution in [0.4, 0.5) is 4.79 Å². The zero-order valence-corrected chi connectivity index (χ0v) is 14.3. The number of urea groups is 1. The second-order valence-corrected chi connectivity index (χ2v) is 6.78. The molecule has 25 heavy (non-hydrogen) atoms. The zero-order chi connectivity index (χ0) is 18.0. The first-order valence-corrected chi connectivity index (χ1v) is 8.57. The van der Waals surface area contributed by atoms with Gasteiger partial charge in [-0.25, -0.2) is 9.59 Å². The lowest BCUT2D eigenvalue weighted by Gasteiger charge is -2.33. The van der Waals surface area contributed by atoms with Crippen LogP contribution in [0.5, 0.6) is 0 Å². The van der Waals surface area contributed by atoms with Crippen molar-refractivity contribution in [3.05, 3.63) is 35.4 Å². The molecular formula is C18H23N3O4. The molecule has 1 aromatic carbocycles. The van der Waals surface area contributed by atoms with Gasteiger partial charge in [0.25, 0.3) is 0 Å². The molecular weight excluding hydrogens is 322 g/mol. The lowest BCUT2D eigenvalue weighted by atomic mass is 9.86. The lowest BCUT2D eigenvalue weighted by Crippen LogP contribution is -2.48. The Kier molecular flexibility index (Phi) is 4.92. The number of carbonyl (C=O) groups excluding carboxylic acids is 2. The molecule has 3 rings (SSSR count). The van der Waals surface area contributed by atoms with E-state index in [2.05, 4.69) is 5.32 Å². The fourth-order valence-electron chi connectivity index (χ4n) is 3.67. The summed E-state index contributed by atoms with van der Waals surface area (Å²) in [5, 5.41) is 12.3. The fourth-order valence-corrected chi connectivity index (χ4v) is 3.67. The third-order valence-corrected chi connectivity index (χ3v) is 5.08. The highest BCUT2D eigenvalue weighted by molar-refractivity contribution is 5.89. The van der Waals surface area contributed by atoms with Gasteiger partial charge in [0.2, 0.25) is 5.91 Å². The Morgan fingerprint density at radius 2 is 1.88 bits per heavy atom. The fraction of sp³-hybridized carbons (Fsp3) is 0.500. The third kappa shape index (κ3) is 3.75. The molecule has 0 aromatic heterocycles. The average Bonchev–Trinajstić information content (AvgIpc) is 2.92. The van der Waals surface area contributed by atoms with E-state index in [9.17, 15) is 19.5 Å². The van der Waals surface area contributed by atoms with Crippen LogP contribution in [0.15, 0.2) is 24.3 Å². The molecule has 7 nitrogen and oxygen atoms in total. The second-order valence-electron chi connectivity index (χ2n) is 6.78. The van der Waals surface area contributed by atoms with Crippen molar-refractivity contribution in [3.63, 3.8) is 0 Å². The predicted molar refractivity (Wildman–Crippen MR) is 91.5 cm³/mol. The summed E-state index contributed by atoms with van der Waals surface area (Å²) in [5.41, 5.74) is 1.19. The number of likely N-dealkylation sites (tertiary alicyclic amines) is 2. The minimum absolute atomic E-state index is 0.0503. The smallest absolute Gasteiger partial charge is 0.335 e. The van der Waals surface area contributed by atoms with Crippen LogP contribution in [0.3, 0.4) is 0 Å². The molecule has 2 saturated heterocycles. The Bertz CT molecular complexity index is 683. The number of nitrogens with zero attached hydrogens (tertiary/aromatic N) is 2. The van der Waals surface area contributed by atoms with Gasteiger partial charge in [-0.2, -0.15) is 0 Å². The molecule has 0 aliphatic carbocycles. The van der Waals surface area contributed by atoms with Crippen LogP contribution in [0.1, 0.15) is 41.1 Å². The number of rotatable bonds is 3. The Balaban J connectivity index is 1.56. The monoisotopic (exact) mass is 345 g/mol. The van der Waals surface area contributed by atoms with Crippen molar-refractivity contribution in [1.82, 2.24) is 15.1 Å². The minimum Gasteiger partial charge on any atom is -0.478 e. The highest BCUT2D eigenvalue weighted by Crippen LogP contribution is 2.30. The number of carboxylic acid groups (broad SMARTS) is 1. The Labute approximate surface area is 146 Å². The minimum atomic E-state index is -0.911. The predicted octanol–water partition coefficient (Wildman–Crippen LogP) is 1.50. The normalized spacial score (nSPS) is 21.5. The maximum atomic E-state index is 12.4. The van der Waals surface area contributed by atoms with Crippen molar-refractivity contribution < 1.29 is 19.5 Å². The van der Waals surface area contributed by atoms with E-state index in [1.807, 2.05) is 12.1 Å². The third-order valence-electron chi connectivity index (χ3n) is 5.08. The van der Waals surface area contributed by atoms with Gasteiger partial charge in [0.15, 0.2) is 0 Å². The van der Waals surface area contributed by atoms with Crippen molar-refractivity contribution in [1.29, 1.82) is 0 Å². The number of likely N-dealkylation sites (N-methyl/N-ethyl adjacent to an activating group) is 1. The summed E-state index contributed by atoms with van der Waals surface area (Å²) in [6.45, 7) is 1.72. The maximum Gasteiger partial charge on any atom is 0.335 e. The Hall–Kier alpha value is -2.57. The molecule has 2 aliphatic heterocycles. The number of aromatic carboxylic acids is 1. The number of nitrogens with one attached hydrogen (secondary N) is 1. The zero-order valence-electron chi connectivity index (χ0n) is 14.3. The molecule has 0 saturated carbocycles. The van der Waals surface area contributed by atoms with Gasteiger partial charge in [-0.15, -0.1) is 0 Å². The first kappa shape index (κ1) is 17.3. The van der Waals surface area contributed by atoms with Crippen LogP contribution in [-0.4, -0.2) is 65.5 Å². The standard InChI is InChI=1S/C18H23N3O4/c1-20-11-13(10-16(20)22)19-18(25)21-8-6-12(7-9-21)14-4-2-3-5-15(14)17(23)24/h2-5,12-13H,6-11H2,1H3,(H,19,25)(H,23,24). The average molecular weight is 345 g/mol. The topological polar surface area (TPSA) is 90.0 Å². The molecule has 7 heteroatoms. The highest BCUT2D eigenvalue weighted by Gasteiger charge is 2.31. The van der Waals surface area contributed by atoms with Gasteiger partial charge >= 0.3 is 12.0 Å². The first-order valence-electron chi connectivity index (χ1n) is 8.57.